The van der Waals surface area contributed by atoms with E-state index in [0.717, 1.165) is 12.8 Å². The van der Waals surface area contributed by atoms with E-state index in [1.165, 1.54) is 5.56 Å². The molecule has 0 radical (unpaired) electrons. The lowest BCUT2D eigenvalue weighted by Crippen LogP contribution is -2.40. The van der Waals surface area contributed by atoms with Crippen LogP contribution >= 0.6 is 0 Å². The molecule has 2 aromatic heterocycles. The highest BCUT2D eigenvalue weighted by Crippen LogP contribution is 2.26. The van der Waals surface area contributed by atoms with Gasteiger partial charge in [0.2, 0.25) is 11.7 Å². The van der Waals surface area contributed by atoms with Crippen LogP contribution in [0.4, 0.5) is 0 Å². The average molecular weight is 349 g/mol. The number of hydrogen-bond donors (Lipinski definition) is 3. The van der Waals surface area contributed by atoms with Crippen LogP contribution in [0.1, 0.15) is 30.3 Å². The minimum Gasteiger partial charge on any atom is -0.347 e. The van der Waals surface area contributed by atoms with Crippen molar-refractivity contribution < 1.29 is 4.79 Å². The van der Waals surface area contributed by atoms with Gasteiger partial charge in [-0.05, 0) is 18.4 Å². The van der Waals surface area contributed by atoms with Crippen molar-refractivity contribution in [2.45, 2.75) is 31.5 Å². The van der Waals surface area contributed by atoms with E-state index >= 15 is 0 Å². The molecule has 1 aromatic carbocycles. The Kier molecular flexibility index (Phi) is 4.65. The van der Waals surface area contributed by atoms with Crippen molar-refractivity contribution in [1.82, 2.24) is 35.8 Å². The molecule has 4 rings (SSSR count). The normalized spacial score (nSPS) is 19.4. The van der Waals surface area contributed by atoms with E-state index < -0.39 is 0 Å². The van der Waals surface area contributed by atoms with Crippen molar-refractivity contribution in [3.05, 3.63) is 60.3 Å². The summed E-state index contributed by atoms with van der Waals surface area (Å²) in [5.41, 5.74) is 1.80. The first-order valence-electron chi connectivity index (χ1n) is 8.56. The molecular formula is C18H19N7O. The lowest BCUT2D eigenvalue weighted by Gasteiger charge is -2.14. The van der Waals surface area contributed by atoms with Crippen LogP contribution in [0.25, 0.3) is 11.5 Å². The van der Waals surface area contributed by atoms with Gasteiger partial charge in [0.15, 0.2) is 0 Å². The summed E-state index contributed by atoms with van der Waals surface area (Å²) in [7, 11) is 0. The van der Waals surface area contributed by atoms with Gasteiger partial charge in [-0.3, -0.25) is 20.2 Å². The molecule has 1 fully saturated rings. The fourth-order valence-electron chi connectivity index (χ4n) is 3.10. The van der Waals surface area contributed by atoms with E-state index in [2.05, 4.69) is 47.9 Å². The third kappa shape index (κ3) is 3.60. The molecule has 132 valence electrons. The highest BCUT2D eigenvalue weighted by atomic mass is 16.2. The van der Waals surface area contributed by atoms with Crippen LogP contribution in [0, 0.1) is 0 Å². The summed E-state index contributed by atoms with van der Waals surface area (Å²) in [6, 6.07) is 10.2. The molecule has 8 nitrogen and oxygen atoms in total. The molecule has 3 N–H and O–H groups in total. The first-order valence-corrected chi connectivity index (χ1v) is 8.56. The summed E-state index contributed by atoms with van der Waals surface area (Å²) >= 11 is 0. The summed E-state index contributed by atoms with van der Waals surface area (Å²) in [6.45, 7) is 0.292. The molecule has 0 saturated carbocycles. The Morgan fingerprint density at radius 1 is 1.19 bits per heavy atom. The van der Waals surface area contributed by atoms with E-state index in [-0.39, 0.29) is 18.0 Å². The van der Waals surface area contributed by atoms with Gasteiger partial charge in [-0.1, -0.05) is 30.3 Å². The molecule has 1 aliphatic heterocycles. The Morgan fingerprint density at radius 3 is 2.88 bits per heavy atom. The Bertz CT molecular complexity index is 866. The number of rotatable bonds is 5. The molecule has 2 atom stereocenters. The fraction of sp³-hybridized carbons (Fsp3) is 0.278. The Labute approximate surface area is 150 Å². The average Bonchev–Trinajstić information content (AvgIpc) is 3.37. The maximum atomic E-state index is 12.4. The minimum atomic E-state index is -0.192. The number of nitrogens with zero attached hydrogens (tertiary/aromatic N) is 4. The van der Waals surface area contributed by atoms with Crippen LogP contribution in [0.3, 0.4) is 0 Å². The van der Waals surface area contributed by atoms with E-state index in [9.17, 15) is 4.79 Å². The van der Waals surface area contributed by atoms with Gasteiger partial charge >= 0.3 is 0 Å². The van der Waals surface area contributed by atoms with Crippen molar-refractivity contribution in [2.75, 3.05) is 0 Å². The van der Waals surface area contributed by atoms with E-state index in [1.807, 2.05) is 18.2 Å². The highest BCUT2D eigenvalue weighted by molar-refractivity contribution is 5.82. The summed E-state index contributed by atoms with van der Waals surface area (Å²) < 4.78 is 0. The second-order valence-electron chi connectivity index (χ2n) is 6.17. The maximum Gasteiger partial charge on any atom is 0.237 e. The molecule has 26 heavy (non-hydrogen) atoms. The molecule has 0 bridgehead atoms. The lowest BCUT2D eigenvalue weighted by molar-refractivity contribution is -0.123. The number of benzene rings is 1. The molecular weight excluding hydrogens is 330 g/mol. The number of H-pyrrole nitrogens is 1. The third-order valence-corrected chi connectivity index (χ3v) is 4.42. The van der Waals surface area contributed by atoms with Crippen molar-refractivity contribution in [1.29, 1.82) is 0 Å². The maximum absolute atomic E-state index is 12.4. The van der Waals surface area contributed by atoms with Crippen molar-refractivity contribution >= 4 is 5.91 Å². The number of carbonyl (C=O) groups is 1. The minimum absolute atomic E-state index is 0.0270. The number of hydrogen-bond acceptors (Lipinski definition) is 6. The number of amides is 1. The van der Waals surface area contributed by atoms with Gasteiger partial charge in [-0.15, -0.1) is 0 Å². The van der Waals surface area contributed by atoms with E-state index in [4.69, 9.17) is 0 Å². The van der Waals surface area contributed by atoms with Gasteiger partial charge in [0.1, 0.15) is 11.5 Å². The zero-order chi connectivity index (χ0) is 17.8. The van der Waals surface area contributed by atoms with Crippen molar-refractivity contribution in [3.63, 3.8) is 0 Å². The number of carbonyl (C=O) groups excluding carboxylic acids is 1. The quantitative estimate of drug-likeness (QED) is 0.642. The second kappa shape index (κ2) is 7.40. The molecule has 0 spiro atoms. The number of nitrogens with one attached hydrogen (secondary N) is 3. The van der Waals surface area contributed by atoms with Crippen LogP contribution in [0.15, 0.2) is 48.9 Å². The van der Waals surface area contributed by atoms with Gasteiger partial charge in [-0.2, -0.15) is 5.10 Å². The number of aromatic amines is 1. The van der Waals surface area contributed by atoms with E-state index in [0.29, 0.717) is 23.9 Å². The summed E-state index contributed by atoms with van der Waals surface area (Å²) in [5, 5.41) is 13.2. The molecule has 0 unspecified atom stereocenters. The van der Waals surface area contributed by atoms with Crippen LogP contribution in [0.2, 0.25) is 0 Å². The first kappa shape index (κ1) is 16.3. The highest BCUT2D eigenvalue weighted by Gasteiger charge is 2.29. The third-order valence-electron chi connectivity index (χ3n) is 4.42. The van der Waals surface area contributed by atoms with Crippen LogP contribution < -0.4 is 10.6 Å². The summed E-state index contributed by atoms with van der Waals surface area (Å²) in [4.78, 5) is 24.9. The second-order valence-corrected chi connectivity index (χ2v) is 6.17. The molecule has 1 amide bonds. The van der Waals surface area contributed by atoms with E-state index in [1.54, 1.807) is 18.6 Å². The fourth-order valence-corrected chi connectivity index (χ4v) is 3.10. The van der Waals surface area contributed by atoms with Gasteiger partial charge in [0, 0.05) is 18.4 Å². The monoisotopic (exact) mass is 349 g/mol. The molecule has 8 heteroatoms. The smallest absolute Gasteiger partial charge is 0.237 e. The predicted molar refractivity (Wildman–Crippen MR) is 94.6 cm³/mol. The number of aromatic nitrogens is 5. The topological polar surface area (TPSA) is 108 Å². The first-order chi connectivity index (χ1) is 12.8. The zero-order valence-corrected chi connectivity index (χ0v) is 14.1. The van der Waals surface area contributed by atoms with Gasteiger partial charge in [0.05, 0.1) is 18.8 Å². The Balaban J connectivity index is 1.31. The van der Waals surface area contributed by atoms with Gasteiger partial charge < -0.3 is 5.32 Å². The molecule has 0 aliphatic carbocycles. The van der Waals surface area contributed by atoms with Crippen LogP contribution in [-0.4, -0.2) is 37.1 Å². The van der Waals surface area contributed by atoms with Crippen LogP contribution in [0.5, 0.6) is 0 Å². The SMILES string of the molecule is O=C(NCc1nc(-c2cnccn2)n[nH]1)[C@H]1CC[C@H](c2ccccc2)N1. The molecule has 3 aromatic rings. The largest absolute Gasteiger partial charge is 0.347 e. The molecule has 1 aliphatic rings. The van der Waals surface area contributed by atoms with Crippen molar-refractivity contribution in [2.24, 2.45) is 0 Å². The summed E-state index contributed by atoms with van der Waals surface area (Å²) in [6.07, 6.45) is 6.53. The summed E-state index contributed by atoms with van der Waals surface area (Å²) in [5.74, 6) is 1.02. The Morgan fingerprint density at radius 2 is 2.08 bits per heavy atom. The molecule has 3 heterocycles. The van der Waals surface area contributed by atoms with Gasteiger partial charge in [-0.25, -0.2) is 9.97 Å². The standard InChI is InChI=1S/C18H19N7O/c26-18(14-7-6-13(22-14)12-4-2-1-3-5-12)21-11-16-23-17(25-24-16)15-10-19-8-9-20-15/h1-5,8-10,13-14,22H,6-7,11H2,(H,21,26)(H,23,24,25)/t13-,14-/m1/s1. The van der Waals surface area contributed by atoms with Crippen molar-refractivity contribution in [3.8, 4) is 11.5 Å². The molecule has 1 saturated heterocycles. The predicted octanol–water partition coefficient (Wildman–Crippen LogP) is 1.37. The lowest BCUT2D eigenvalue weighted by atomic mass is 10.1. The Hall–Kier alpha value is -3.13. The van der Waals surface area contributed by atoms with Gasteiger partial charge in [0.25, 0.3) is 0 Å². The zero-order valence-electron chi connectivity index (χ0n) is 14.1. The van der Waals surface area contributed by atoms with Crippen LogP contribution in [-0.2, 0) is 11.3 Å².